The molecule has 308 valence electrons. The molecule has 14 nitrogen and oxygen atoms in total. The molecule has 57 heavy (non-hydrogen) atoms. The number of carboxylic acids is 1. The van der Waals surface area contributed by atoms with Gasteiger partial charge in [-0.3, -0.25) is 14.4 Å². The molecule has 0 fully saturated rings. The minimum atomic E-state index is -1.07. The quantitative estimate of drug-likeness (QED) is 0.0479. The van der Waals surface area contributed by atoms with Crippen LogP contribution in [0.25, 0.3) is 21.9 Å². The summed E-state index contributed by atoms with van der Waals surface area (Å²) >= 11 is 0. The zero-order chi connectivity index (χ0) is 40.5. The van der Waals surface area contributed by atoms with E-state index in [1.807, 2.05) is 55.6 Å². The predicted octanol–water partition coefficient (Wildman–Crippen LogP) is 4.74. The van der Waals surface area contributed by atoms with E-state index in [1.165, 1.54) is 18.3 Å². The SMILES string of the molecule is CNCCOCCOCCOCCOCCOc1ccc(-c2ccc(C(CC(=O)O)NC(=O)CNC(=O)CCCCNc3cc(F)ccn3)cc2)c2ccccc12. The molecule has 5 N–H and O–H groups in total. The van der Waals surface area contributed by atoms with E-state index in [2.05, 4.69) is 26.3 Å². The molecule has 4 rings (SSSR count). The number of carboxylic acid groups (broad SMARTS) is 1. The van der Waals surface area contributed by atoms with Crippen LogP contribution in [0.4, 0.5) is 10.2 Å². The van der Waals surface area contributed by atoms with Gasteiger partial charge in [-0.2, -0.15) is 0 Å². The van der Waals surface area contributed by atoms with Gasteiger partial charge >= 0.3 is 5.97 Å². The lowest BCUT2D eigenvalue weighted by Crippen LogP contribution is -2.39. The molecule has 1 unspecified atom stereocenters. The van der Waals surface area contributed by atoms with E-state index in [-0.39, 0.29) is 31.1 Å². The van der Waals surface area contributed by atoms with E-state index in [0.29, 0.717) is 90.2 Å². The molecule has 0 saturated heterocycles. The van der Waals surface area contributed by atoms with Crippen molar-refractivity contribution in [2.45, 2.75) is 31.7 Å². The number of ether oxygens (including phenoxy) is 5. The zero-order valence-corrected chi connectivity index (χ0v) is 32.4. The molecular formula is C42H54FN5O9. The summed E-state index contributed by atoms with van der Waals surface area (Å²) < 4.78 is 41.4. The number of unbranched alkanes of at least 4 members (excludes halogenated alkanes) is 1. The van der Waals surface area contributed by atoms with Gasteiger partial charge in [0.2, 0.25) is 11.8 Å². The Labute approximate surface area is 332 Å². The topological polar surface area (TPSA) is 179 Å². The van der Waals surface area contributed by atoms with Gasteiger partial charge < -0.3 is 50.1 Å². The lowest BCUT2D eigenvalue weighted by molar-refractivity contribution is -0.138. The minimum Gasteiger partial charge on any atom is -0.491 e. The Kier molecular flexibility index (Phi) is 20.2. The van der Waals surface area contributed by atoms with Crippen LogP contribution in [0.3, 0.4) is 0 Å². The number of hydrogen-bond acceptors (Lipinski definition) is 11. The maximum Gasteiger partial charge on any atom is 0.305 e. The van der Waals surface area contributed by atoms with Gasteiger partial charge in [0, 0.05) is 37.2 Å². The summed E-state index contributed by atoms with van der Waals surface area (Å²) in [5, 5.41) is 22.8. The number of aromatic nitrogens is 1. The van der Waals surface area contributed by atoms with Crippen LogP contribution < -0.4 is 26.0 Å². The van der Waals surface area contributed by atoms with Gasteiger partial charge in [-0.1, -0.05) is 54.6 Å². The van der Waals surface area contributed by atoms with Gasteiger partial charge in [-0.15, -0.1) is 0 Å². The van der Waals surface area contributed by atoms with Crippen LogP contribution in [0.5, 0.6) is 5.75 Å². The lowest BCUT2D eigenvalue weighted by atomic mass is 9.95. The second-order valence-electron chi connectivity index (χ2n) is 12.9. The van der Waals surface area contributed by atoms with Gasteiger partial charge in [0.05, 0.1) is 71.9 Å². The Balaban J connectivity index is 1.19. The maximum absolute atomic E-state index is 13.3. The van der Waals surface area contributed by atoms with Gasteiger partial charge in [0.25, 0.3) is 0 Å². The van der Waals surface area contributed by atoms with Gasteiger partial charge in [-0.05, 0) is 54.1 Å². The predicted molar refractivity (Wildman–Crippen MR) is 215 cm³/mol. The number of benzene rings is 3. The Bertz CT molecular complexity index is 1810. The second kappa shape index (κ2) is 25.9. The number of carbonyl (C=O) groups is 3. The average Bonchev–Trinajstić information content (AvgIpc) is 3.21. The number of rotatable bonds is 29. The number of hydrogen-bond donors (Lipinski definition) is 5. The number of aliphatic carboxylic acids is 1. The highest BCUT2D eigenvalue weighted by atomic mass is 19.1. The number of anilines is 1. The van der Waals surface area contributed by atoms with Gasteiger partial charge in [0.15, 0.2) is 0 Å². The van der Waals surface area contributed by atoms with Crippen molar-refractivity contribution in [3.8, 4) is 16.9 Å². The van der Waals surface area contributed by atoms with Crippen molar-refractivity contribution in [2.75, 3.05) is 91.5 Å². The summed E-state index contributed by atoms with van der Waals surface area (Å²) in [6.45, 7) is 5.45. The number of pyridine rings is 1. The van der Waals surface area contributed by atoms with Gasteiger partial charge in [-0.25, -0.2) is 9.37 Å². The minimum absolute atomic E-state index is 0.199. The molecule has 1 aromatic heterocycles. The first-order valence-electron chi connectivity index (χ1n) is 19.2. The summed E-state index contributed by atoms with van der Waals surface area (Å²) in [4.78, 5) is 40.8. The first kappa shape index (κ1) is 44.5. The van der Waals surface area contributed by atoms with Crippen LogP contribution in [0.15, 0.2) is 79.0 Å². The summed E-state index contributed by atoms with van der Waals surface area (Å²) in [6, 6.07) is 20.9. The molecule has 0 spiro atoms. The molecule has 0 aliphatic rings. The second-order valence-corrected chi connectivity index (χ2v) is 12.9. The zero-order valence-electron chi connectivity index (χ0n) is 32.4. The molecule has 4 aromatic rings. The van der Waals surface area contributed by atoms with Crippen LogP contribution in [0, 0.1) is 5.82 Å². The van der Waals surface area contributed by atoms with Crippen molar-refractivity contribution in [1.29, 1.82) is 0 Å². The van der Waals surface area contributed by atoms with Crippen molar-refractivity contribution < 1.29 is 47.6 Å². The largest absolute Gasteiger partial charge is 0.491 e. The number of nitrogens with one attached hydrogen (secondary N) is 4. The fourth-order valence-electron chi connectivity index (χ4n) is 5.76. The maximum atomic E-state index is 13.3. The number of nitrogens with zero attached hydrogens (tertiary/aromatic N) is 1. The Morgan fingerprint density at radius 2 is 1.42 bits per heavy atom. The normalized spacial score (nSPS) is 11.6. The first-order chi connectivity index (χ1) is 27.8. The molecule has 2 amide bonds. The number of carbonyl (C=O) groups excluding carboxylic acids is 2. The third-order valence-electron chi connectivity index (χ3n) is 8.62. The third kappa shape index (κ3) is 16.8. The first-order valence-corrected chi connectivity index (χ1v) is 19.2. The standard InChI is InChI=1S/C42H54FN5O9/c1-44-18-19-53-20-21-54-22-23-55-24-25-56-26-27-57-38-14-13-34(35-6-2-3-7-36(35)38)31-9-11-32(12-10-31)37(29-42(51)52)48-41(50)30-47-40(49)8-4-5-16-45-39-28-33(43)15-17-46-39/h2-3,6-7,9-15,17,28,37,44H,4-5,8,16,18-27,29-30H2,1H3,(H,45,46)(H,47,49)(H,48,50)(H,51,52). The van der Waals surface area contributed by atoms with Crippen LogP contribution in [0.1, 0.15) is 37.3 Å². The van der Waals surface area contributed by atoms with Crippen LogP contribution >= 0.6 is 0 Å². The van der Waals surface area contributed by atoms with Gasteiger partial charge in [0.1, 0.15) is 24.0 Å². The summed E-state index contributed by atoms with van der Waals surface area (Å²) in [5.74, 6) is -1.12. The van der Waals surface area contributed by atoms with Crippen molar-refractivity contribution in [3.63, 3.8) is 0 Å². The van der Waals surface area contributed by atoms with E-state index in [1.54, 1.807) is 12.1 Å². The van der Waals surface area contributed by atoms with E-state index >= 15 is 0 Å². The molecule has 1 heterocycles. The molecule has 0 bridgehead atoms. The van der Waals surface area contributed by atoms with E-state index in [0.717, 1.165) is 34.2 Å². The molecule has 1 atom stereocenters. The Morgan fingerprint density at radius 3 is 2.09 bits per heavy atom. The summed E-state index contributed by atoms with van der Waals surface area (Å²) in [7, 11) is 1.88. The average molecular weight is 792 g/mol. The molecule has 0 saturated carbocycles. The van der Waals surface area contributed by atoms with Crippen molar-refractivity contribution >= 4 is 34.4 Å². The molecule has 0 aliphatic carbocycles. The van der Waals surface area contributed by atoms with Crippen molar-refractivity contribution in [1.82, 2.24) is 20.9 Å². The third-order valence-corrected chi connectivity index (χ3v) is 8.62. The van der Waals surface area contributed by atoms with Crippen molar-refractivity contribution in [3.05, 3.63) is 90.4 Å². The number of halogens is 1. The van der Waals surface area contributed by atoms with E-state index < -0.39 is 17.9 Å². The highest BCUT2D eigenvalue weighted by Gasteiger charge is 2.19. The number of fused-ring (bicyclic) bond motifs is 1. The van der Waals surface area contributed by atoms with E-state index in [9.17, 15) is 23.9 Å². The number of likely N-dealkylation sites (N-methyl/N-ethyl adjacent to an activating group) is 1. The fourth-order valence-corrected chi connectivity index (χ4v) is 5.76. The van der Waals surface area contributed by atoms with Crippen LogP contribution in [-0.2, 0) is 33.3 Å². The number of amides is 2. The molecular weight excluding hydrogens is 737 g/mol. The Morgan fingerprint density at radius 1 is 0.754 bits per heavy atom. The molecule has 0 radical (unpaired) electrons. The Hall–Kier alpha value is -5.19. The van der Waals surface area contributed by atoms with E-state index in [4.69, 9.17) is 23.7 Å². The highest BCUT2D eigenvalue weighted by Crippen LogP contribution is 2.35. The highest BCUT2D eigenvalue weighted by molar-refractivity contribution is 6.00. The van der Waals surface area contributed by atoms with Crippen LogP contribution in [-0.4, -0.2) is 114 Å². The summed E-state index contributed by atoms with van der Waals surface area (Å²) in [5.41, 5.74) is 2.49. The fraction of sp³-hybridized carbons (Fsp3) is 0.429. The lowest BCUT2D eigenvalue weighted by Gasteiger charge is -2.19. The summed E-state index contributed by atoms with van der Waals surface area (Å²) in [6.07, 6.45) is 2.43. The smallest absolute Gasteiger partial charge is 0.305 e. The monoisotopic (exact) mass is 791 g/mol. The molecule has 3 aromatic carbocycles. The van der Waals surface area contributed by atoms with Crippen molar-refractivity contribution in [2.24, 2.45) is 0 Å². The van der Waals surface area contributed by atoms with Crippen LogP contribution in [0.2, 0.25) is 0 Å². The molecule has 0 aliphatic heterocycles. The molecule has 15 heteroatoms.